The van der Waals surface area contributed by atoms with Gasteiger partial charge in [0.1, 0.15) is 11.9 Å². The number of halogens is 1. The van der Waals surface area contributed by atoms with Gasteiger partial charge >= 0.3 is 0 Å². The smallest absolute Gasteiger partial charge is 0.254 e. The van der Waals surface area contributed by atoms with Crippen LogP contribution < -0.4 is 10.6 Å². The average Bonchev–Trinajstić information content (AvgIpc) is 2.39. The lowest BCUT2D eigenvalue weighted by atomic mass is 10.0. The first-order valence-electron chi connectivity index (χ1n) is 6.64. The van der Waals surface area contributed by atoms with E-state index in [-0.39, 0.29) is 17.4 Å². The van der Waals surface area contributed by atoms with Crippen molar-refractivity contribution in [3.8, 4) is 0 Å². The number of likely N-dealkylation sites (N-methyl/N-ethyl adjacent to an activating group) is 1. The second-order valence-corrected chi connectivity index (χ2v) is 5.21. The fourth-order valence-corrected chi connectivity index (χ4v) is 1.94. The third kappa shape index (κ3) is 4.05. The Morgan fingerprint density at radius 3 is 2.50 bits per heavy atom. The predicted molar refractivity (Wildman–Crippen MR) is 75.9 cm³/mol. The Labute approximate surface area is 118 Å². The first-order valence-corrected chi connectivity index (χ1v) is 6.64. The summed E-state index contributed by atoms with van der Waals surface area (Å²) in [6.45, 7) is 5.50. The molecule has 0 aliphatic rings. The molecule has 0 heterocycles. The molecule has 0 aliphatic heterocycles. The van der Waals surface area contributed by atoms with Crippen LogP contribution in [0.15, 0.2) is 18.2 Å². The van der Waals surface area contributed by atoms with Crippen molar-refractivity contribution < 1.29 is 14.0 Å². The maximum absolute atomic E-state index is 13.9. The molecule has 2 N–H and O–H groups in total. The van der Waals surface area contributed by atoms with Gasteiger partial charge in [0.2, 0.25) is 5.91 Å². The van der Waals surface area contributed by atoms with Crippen LogP contribution in [0, 0.1) is 18.7 Å². The van der Waals surface area contributed by atoms with Gasteiger partial charge in [0, 0.05) is 7.05 Å². The molecule has 0 aliphatic carbocycles. The Morgan fingerprint density at radius 2 is 1.95 bits per heavy atom. The summed E-state index contributed by atoms with van der Waals surface area (Å²) in [5, 5.41) is 5.10. The van der Waals surface area contributed by atoms with E-state index in [1.54, 1.807) is 19.1 Å². The van der Waals surface area contributed by atoms with Gasteiger partial charge < -0.3 is 10.6 Å². The SMILES string of the molecule is CNC(=O)C(CC(C)C)NC(=O)c1cccc(C)c1F. The summed E-state index contributed by atoms with van der Waals surface area (Å²) in [4.78, 5) is 23.8. The fraction of sp³-hybridized carbons (Fsp3) is 0.467. The fourth-order valence-electron chi connectivity index (χ4n) is 1.94. The Kier molecular flexibility index (Phi) is 5.67. The van der Waals surface area contributed by atoms with E-state index in [0.717, 1.165) is 0 Å². The molecule has 0 saturated heterocycles. The number of nitrogens with one attached hydrogen (secondary N) is 2. The van der Waals surface area contributed by atoms with Gasteiger partial charge in [-0.1, -0.05) is 26.0 Å². The molecule has 1 aromatic carbocycles. The summed E-state index contributed by atoms with van der Waals surface area (Å²) >= 11 is 0. The Balaban J connectivity index is 2.90. The minimum atomic E-state index is -0.660. The zero-order valence-corrected chi connectivity index (χ0v) is 12.3. The van der Waals surface area contributed by atoms with Crippen molar-refractivity contribution in [2.45, 2.75) is 33.2 Å². The number of benzene rings is 1. The molecule has 0 radical (unpaired) electrons. The summed E-state index contributed by atoms with van der Waals surface area (Å²) in [5.41, 5.74) is 0.362. The number of rotatable bonds is 5. The highest BCUT2D eigenvalue weighted by atomic mass is 19.1. The van der Waals surface area contributed by atoms with Gasteiger partial charge in [-0.15, -0.1) is 0 Å². The van der Waals surface area contributed by atoms with Crippen LogP contribution >= 0.6 is 0 Å². The van der Waals surface area contributed by atoms with Crippen molar-refractivity contribution in [1.29, 1.82) is 0 Å². The van der Waals surface area contributed by atoms with Crippen molar-refractivity contribution in [3.63, 3.8) is 0 Å². The van der Waals surface area contributed by atoms with Gasteiger partial charge in [0.25, 0.3) is 5.91 Å². The van der Waals surface area contributed by atoms with Crippen LogP contribution in [0.4, 0.5) is 4.39 Å². The molecular weight excluding hydrogens is 259 g/mol. The van der Waals surface area contributed by atoms with Gasteiger partial charge in [0.15, 0.2) is 0 Å². The number of carbonyl (C=O) groups excluding carboxylic acids is 2. The second-order valence-electron chi connectivity index (χ2n) is 5.21. The van der Waals surface area contributed by atoms with E-state index in [0.29, 0.717) is 12.0 Å². The van der Waals surface area contributed by atoms with E-state index < -0.39 is 17.8 Å². The molecule has 1 aromatic rings. The molecule has 0 fully saturated rings. The minimum Gasteiger partial charge on any atom is -0.357 e. The van der Waals surface area contributed by atoms with Gasteiger partial charge in [-0.05, 0) is 30.9 Å². The maximum Gasteiger partial charge on any atom is 0.254 e. The van der Waals surface area contributed by atoms with Crippen LogP contribution in [0.25, 0.3) is 0 Å². The quantitative estimate of drug-likeness (QED) is 0.867. The lowest BCUT2D eigenvalue weighted by Crippen LogP contribution is -2.46. The van der Waals surface area contributed by atoms with Crippen LogP contribution in [0.2, 0.25) is 0 Å². The highest BCUT2D eigenvalue weighted by molar-refractivity contribution is 5.97. The topological polar surface area (TPSA) is 58.2 Å². The van der Waals surface area contributed by atoms with Crippen LogP contribution in [-0.4, -0.2) is 24.9 Å². The highest BCUT2D eigenvalue weighted by Gasteiger charge is 2.23. The zero-order valence-electron chi connectivity index (χ0n) is 12.3. The standard InChI is InChI=1S/C15H21FN2O2/c1-9(2)8-12(15(20)17-4)18-14(19)11-7-5-6-10(3)13(11)16/h5-7,9,12H,8H2,1-4H3,(H,17,20)(H,18,19). The lowest BCUT2D eigenvalue weighted by Gasteiger charge is -2.19. The van der Waals surface area contributed by atoms with Crippen molar-refractivity contribution in [3.05, 3.63) is 35.1 Å². The van der Waals surface area contributed by atoms with E-state index in [2.05, 4.69) is 10.6 Å². The van der Waals surface area contributed by atoms with E-state index in [4.69, 9.17) is 0 Å². The number of amides is 2. The first kappa shape index (κ1) is 16.1. The Bertz CT molecular complexity index is 501. The molecule has 1 unspecified atom stereocenters. The van der Waals surface area contributed by atoms with E-state index in [1.807, 2.05) is 13.8 Å². The molecule has 2 amide bonds. The molecule has 1 atom stereocenters. The number of aryl methyl sites for hydroxylation is 1. The highest BCUT2D eigenvalue weighted by Crippen LogP contribution is 2.13. The van der Waals surface area contributed by atoms with Crippen LogP contribution in [0.1, 0.15) is 36.2 Å². The number of hydrogen-bond acceptors (Lipinski definition) is 2. The molecule has 5 heteroatoms. The first-order chi connectivity index (χ1) is 9.36. The minimum absolute atomic E-state index is 0.0392. The molecule has 0 saturated carbocycles. The van der Waals surface area contributed by atoms with Crippen LogP contribution in [0.3, 0.4) is 0 Å². The number of carbonyl (C=O) groups is 2. The third-order valence-corrected chi connectivity index (χ3v) is 3.01. The van der Waals surface area contributed by atoms with Gasteiger partial charge in [0.05, 0.1) is 5.56 Å². The van der Waals surface area contributed by atoms with Crippen molar-refractivity contribution in [2.24, 2.45) is 5.92 Å². The normalized spacial score (nSPS) is 12.1. The average molecular weight is 280 g/mol. The largest absolute Gasteiger partial charge is 0.357 e. The van der Waals surface area contributed by atoms with Crippen LogP contribution in [0.5, 0.6) is 0 Å². The predicted octanol–water partition coefficient (Wildman–Crippen LogP) is 2.02. The summed E-state index contributed by atoms with van der Waals surface area (Å²) in [5.74, 6) is -1.16. The molecule has 0 aromatic heterocycles. The second kappa shape index (κ2) is 7.03. The Hall–Kier alpha value is -1.91. The van der Waals surface area contributed by atoms with Crippen molar-refractivity contribution in [1.82, 2.24) is 10.6 Å². The Morgan fingerprint density at radius 1 is 1.30 bits per heavy atom. The monoisotopic (exact) mass is 280 g/mol. The van der Waals surface area contributed by atoms with E-state index >= 15 is 0 Å². The molecular formula is C15H21FN2O2. The van der Waals surface area contributed by atoms with E-state index in [9.17, 15) is 14.0 Å². The zero-order chi connectivity index (χ0) is 15.3. The van der Waals surface area contributed by atoms with Crippen molar-refractivity contribution >= 4 is 11.8 Å². The summed E-state index contributed by atoms with van der Waals surface area (Å²) in [6, 6.07) is 3.96. The summed E-state index contributed by atoms with van der Waals surface area (Å²) < 4.78 is 13.9. The number of hydrogen-bond donors (Lipinski definition) is 2. The van der Waals surface area contributed by atoms with E-state index in [1.165, 1.54) is 13.1 Å². The van der Waals surface area contributed by atoms with Gasteiger partial charge in [-0.2, -0.15) is 0 Å². The maximum atomic E-state index is 13.9. The molecule has 20 heavy (non-hydrogen) atoms. The lowest BCUT2D eigenvalue weighted by molar-refractivity contribution is -0.122. The molecule has 0 spiro atoms. The summed E-state index contributed by atoms with van der Waals surface area (Å²) in [7, 11) is 1.51. The van der Waals surface area contributed by atoms with Gasteiger partial charge in [-0.3, -0.25) is 9.59 Å². The molecule has 4 nitrogen and oxygen atoms in total. The molecule has 1 rings (SSSR count). The molecule has 0 bridgehead atoms. The van der Waals surface area contributed by atoms with Crippen LogP contribution in [-0.2, 0) is 4.79 Å². The van der Waals surface area contributed by atoms with Gasteiger partial charge in [-0.25, -0.2) is 4.39 Å². The summed E-state index contributed by atoms with van der Waals surface area (Å²) in [6.07, 6.45) is 0.499. The molecule has 110 valence electrons. The van der Waals surface area contributed by atoms with Crippen molar-refractivity contribution in [2.75, 3.05) is 7.05 Å². The third-order valence-electron chi connectivity index (χ3n) is 3.01.